The lowest BCUT2D eigenvalue weighted by Crippen LogP contribution is -2.29. The monoisotopic (exact) mass is 220 g/mol. The minimum absolute atomic E-state index is 0.174. The van der Waals surface area contributed by atoms with Crippen LogP contribution in [-0.2, 0) is 4.79 Å². The van der Waals surface area contributed by atoms with Gasteiger partial charge in [0, 0.05) is 25.2 Å². The second-order valence-corrected chi connectivity index (χ2v) is 4.00. The summed E-state index contributed by atoms with van der Waals surface area (Å²) in [6.07, 6.45) is 5.38. The molecule has 5 heteroatoms. The molecule has 0 atom stereocenters. The third-order valence-corrected chi connectivity index (χ3v) is 2.46. The van der Waals surface area contributed by atoms with E-state index in [0.717, 1.165) is 18.5 Å². The molecule has 1 aliphatic carbocycles. The van der Waals surface area contributed by atoms with Gasteiger partial charge in [0.2, 0.25) is 5.91 Å². The standard InChI is InChI=1S/C11H16N4O/c12-9-5-10(7-13-6-9)14-3-4-15-11(16)8-1-2-8/h5-8,14H,1-4,12H2,(H,15,16). The quantitative estimate of drug-likeness (QED) is 0.635. The van der Waals surface area contributed by atoms with Gasteiger partial charge in [0.1, 0.15) is 0 Å². The second-order valence-electron chi connectivity index (χ2n) is 4.00. The van der Waals surface area contributed by atoms with Crippen LogP contribution in [0.4, 0.5) is 11.4 Å². The number of nitrogens with one attached hydrogen (secondary N) is 2. The molecule has 0 saturated heterocycles. The molecule has 16 heavy (non-hydrogen) atoms. The van der Waals surface area contributed by atoms with Crippen LogP contribution in [0.15, 0.2) is 18.5 Å². The zero-order valence-electron chi connectivity index (χ0n) is 9.07. The molecule has 0 aromatic carbocycles. The van der Waals surface area contributed by atoms with Gasteiger partial charge < -0.3 is 16.4 Å². The lowest BCUT2D eigenvalue weighted by atomic mass is 10.3. The van der Waals surface area contributed by atoms with E-state index in [1.807, 2.05) is 6.07 Å². The molecular weight excluding hydrogens is 204 g/mol. The predicted octanol–water partition coefficient (Wildman–Crippen LogP) is 0.602. The van der Waals surface area contributed by atoms with Crippen molar-refractivity contribution in [3.63, 3.8) is 0 Å². The summed E-state index contributed by atoms with van der Waals surface area (Å²) in [5.74, 6) is 0.446. The van der Waals surface area contributed by atoms with E-state index in [1.54, 1.807) is 12.4 Å². The Hall–Kier alpha value is -1.78. The minimum atomic E-state index is 0.174. The third-order valence-electron chi connectivity index (χ3n) is 2.46. The van der Waals surface area contributed by atoms with Crippen molar-refractivity contribution in [1.29, 1.82) is 0 Å². The number of hydrogen-bond donors (Lipinski definition) is 3. The lowest BCUT2D eigenvalue weighted by Gasteiger charge is -2.07. The number of nitrogens with two attached hydrogens (primary N) is 1. The summed E-state index contributed by atoms with van der Waals surface area (Å²) in [5, 5.41) is 6.02. The van der Waals surface area contributed by atoms with Gasteiger partial charge in [-0.05, 0) is 18.9 Å². The normalized spacial score (nSPS) is 14.5. The van der Waals surface area contributed by atoms with Crippen LogP contribution in [0.1, 0.15) is 12.8 Å². The number of hydrogen-bond acceptors (Lipinski definition) is 4. The van der Waals surface area contributed by atoms with Crippen LogP contribution in [0.5, 0.6) is 0 Å². The van der Waals surface area contributed by atoms with E-state index in [4.69, 9.17) is 5.73 Å². The lowest BCUT2D eigenvalue weighted by molar-refractivity contribution is -0.122. The largest absolute Gasteiger partial charge is 0.397 e. The van der Waals surface area contributed by atoms with E-state index in [-0.39, 0.29) is 11.8 Å². The molecule has 0 radical (unpaired) electrons. The van der Waals surface area contributed by atoms with Gasteiger partial charge in [-0.3, -0.25) is 9.78 Å². The smallest absolute Gasteiger partial charge is 0.223 e. The molecule has 0 aliphatic heterocycles. The maximum atomic E-state index is 11.3. The van der Waals surface area contributed by atoms with Crippen molar-refractivity contribution in [2.45, 2.75) is 12.8 Å². The summed E-state index contributed by atoms with van der Waals surface area (Å²) in [5.41, 5.74) is 7.09. The van der Waals surface area contributed by atoms with Crippen LogP contribution in [0.25, 0.3) is 0 Å². The fourth-order valence-electron chi connectivity index (χ4n) is 1.44. The molecule has 1 heterocycles. The zero-order chi connectivity index (χ0) is 11.4. The Kier molecular flexibility index (Phi) is 3.24. The van der Waals surface area contributed by atoms with Gasteiger partial charge in [-0.1, -0.05) is 0 Å². The maximum absolute atomic E-state index is 11.3. The molecule has 1 aromatic heterocycles. The first kappa shape index (κ1) is 10.7. The molecule has 0 unspecified atom stereocenters. The van der Waals surface area contributed by atoms with Crippen LogP contribution >= 0.6 is 0 Å². The van der Waals surface area contributed by atoms with Crippen LogP contribution in [0.2, 0.25) is 0 Å². The van der Waals surface area contributed by atoms with Crippen molar-refractivity contribution in [3.05, 3.63) is 18.5 Å². The molecule has 0 spiro atoms. The summed E-state index contributed by atoms with van der Waals surface area (Å²) in [7, 11) is 0. The molecule has 86 valence electrons. The van der Waals surface area contributed by atoms with Crippen molar-refractivity contribution >= 4 is 17.3 Å². The average Bonchev–Trinajstić information content (AvgIpc) is 3.08. The summed E-state index contributed by atoms with van der Waals surface area (Å²) in [4.78, 5) is 15.3. The Bertz CT molecular complexity index is 376. The van der Waals surface area contributed by atoms with E-state index in [1.165, 1.54) is 0 Å². The number of carbonyl (C=O) groups is 1. The molecule has 5 nitrogen and oxygen atoms in total. The highest BCUT2D eigenvalue weighted by Gasteiger charge is 2.28. The molecule has 1 saturated carbocycles. The first-order valence-corrected chi connectivity index (χ1v) is 5.48. The molecule has 1 aromatic rings. The SMILES string of the molecule is Nc1cncc(NCCNC(=O)C2CC2)c1. The number of pyridine rings is 1. The van der Waals surface area contributed by atoms with Crippen LogP contribution in [0.3, 0.4) is 0 Å². The maximum Gasteiger partial charge on any atom is 0.223 e. The van der Waals surface area contributed by atoms with Gasteiger partial charge in [0.25, 0.3) is 0 Å². The highest BCUT2D eigenvalue weighted by atomic mass is 16.2. The van der Waals surface area contributed by atoms with Gasteiger partial charge in [0.15, 0.2) is 0 Å². The van der Waals surface area contributed by atoms with Gasteiger partial charge >= 0.3 is 0 Å². The number of rotatable bonds is 5. The molecule has 0 bridgehead atoms. The Morgan fingerprint density at radius 1 is 1.44 bits per heavy atom. The minimum Gasteiger partial charge on any atom is -0.397 e. The van der Waals surface area contributed by atoms with Gasteiger partial charge in [-0.15, -0.1) is 0 Å². The summed E-state index contributed by atoms with van der Waals surface area (Å²) in [6, 6.07) is 1.82. The summed E-state index contributed by atoms with van der Waals surface area (Å²) < 4.78 is 0. The van der Waals surface area contributed by atoms with E-state index < -0.39 is 0 Å². The van der Waals surface area contributed by atoms with Crippen molar-refractivity contribution < 1.29 is 4.79 Å². The van der Waals surface area contributed by atoms with Gasteiger partial charge in [-0.2, -0.15) is 0 Å². The van der Waals surface area contributed by atoms with Crippen molar-refractivity contribution in [3.8, 4) is 0 Å². The molecule has 4 N–H and O–H groups in total. The van der Waals surface area contributed by atoms with Gasteiger partial charge in [-0.25, -0.2) is 0 Å². The Morgan fingerprint density at radius 2 is 2.25 bits per heavy atom. The number of nitrogens with zero attached hydrogens (tertiary/aromatic N) is 1. The highest BCUT2D eigenvalue weighted by molar-refractivity contribution is 5.80. The number of aromatic nitrogens is 1. The highest BCUT2D eigenvalue weighted by Crippen LogP contribution is 2.28. The van der Waals surface area contributed by atoms with Crippen molar-refractivity contribution in [2.24, 2.45) is 5.92 Å². The topological polar surface area (TPSA) is 80.0 Å². The average molecular weight is 220 g/mol. The molecule has 1 aliphatic rings. The Labute approximate surface area is 94.4 Å². The van der Waals surface area contributed by atoms with Crippen LogP contribution in [-0.4, -0.2) is 24.0 Å². The second kappa shape index (κ2) is 4.83. The summed E-state index contributed by atoms with van der Waals surface area (Å²) in [6.45, 7) is 1.31. The molecule has 1 fully saturated rings. The van der Waals surface area contributed by atoms with Crippen molar-refractivity contribution in [2.75, 3.05) is 24.1 Å². The molecule has 2 rings (SSSR count). The van der Waals surface area contributed by atoms with E-state index >= 15 is 0 Å². The third kappa shape index (κ3) is 3.12. The molecular formula is C11H16N4O. The number of amides is 1. The fraction of sp³-hybridized carbons (Fsp3) is 0.455. The Balaban J connectivity index is 1.65. The number of carbonyl (C=O) groups excluding carboxylic acids is 1. The van der Waals surface area contributed by atoms with E-state index in [2.05, 4.69) is 15.6 Å². The van der Waals surface area contributed by atoms with E-state index in [0.29, 0.717) is 18.8 Å². The van der Waals surface area contributed by atoms with Crippen LogP contribution < -0.4 is 16.4 Å². The zero-order valence-corrected chi connectivity index (χ0v) is 9.07. The fourth-order valence-corrected chi connectivity index (χ4v) is 1.44. The molecule has 1 amide bonds. The van der Waals surface area contributed by atoms with Crippen molar-refractivity contribution in [1.82, 2.24) is 10.3 Å². The number of nitrogen functional groups attached to an aromatic ring is 1. The van der Waals surface area contributed by atoms with Gasteiger partial charge in [0.05, 0.1) is 17.6 Å². The predicted molar refractivity (Wildman–Crippen MR) is 62.9 cm³/mol. The Morgan fingerprint density at radius 3 is 2.94 bits per heavy atom. The van der Waals surface area contributed by atoms with Crippen LogP contribution in [0, 0.1) is 5.92 Å². The summed E-state index contributed by atoms with van der Waals surface area (Å²) >= 11 is 0. The number of anilines is 2. The first-order chi connectivity index (χ1) is 7.75. The van der Waals surface area contributed by atoms with E-state index in [9.17, 15) is 4.79 Å². The first-order valence-electron chi connectivity index (χ1n) is 5.48.